The molecule has 0 aliphatic heterocycles. The highest BCUT2D eigenvalue weighted by atomic mass is 32.2. The average Bonchev–Trinajstić information content (AvgIpc) is 2.90. The zero-order valence-corrected chi connectivity index (χ0v) is 21.6. The van der Waals surface area contributed by atoms with E-state index in [-0.39, 0.29) is 11.3 Å². The molecule has 200 valence electrons. The smallest absolute Gasteiger partial charge is 0.322 e. The van der Waals surface area contributed by atoms with E-state index in [1.807, 2.05) is 13.0 Å². The van der Waals surface area contributed by atoms with Gasteiger partial charge >= 0.3 is 6.18 Å². The minimum Gasteiger partial charge on any atom is -0.322 e. The molecule has 0 saturated heterocycles. The number of aromatic nitrogens is 3. The fourth-order valence-electron chi connectivity index (χ4n) is 3.86. The predicted molar refractivity (Wildman–Crippen MR) is 141 cm³/mol. The van der Waals surface area contributed by atoms with Gasteiger partial charge < -0.3 is 5.32 Å². The Morgan fingerprint density at radius 1 is 1.05 bits per heavy atom. The van der Waals surface area contributed by atoms with Gasteiger partial charge in [0.15, 0.2) is 9.84 Å². The number of sulfone groups is 1. The molecular weight excluding hydrogens is 529 g/mol. The molecule has 1 N–H and O–H groups in total. The molecule has 0 unspecified atom stereocenters. The van der Waals surface area contributed by atoms with Crippen molar-refractivity contribution in [2.24, 2.45) is 0 Å². The maximum atomic E-state index is 13.7. The minimum atomic E-state index is -4.83. The van der Waals surface area contributed by atoms with E-state index in [1.54, 1.807) is 48.9 Å². The first-order valence-corrected chi connectivity index (χ1v) is 13.4. The molecule has 0 aliphatic carbocycles. The molecule has 0 radical (unpaired) electrons. The molecule has 2 aromatic heterocycles. The van der Waals surface area contributed by atoms with E-state index >= 15 is 0 Å². The van der Waals surface area contributed by atoms with Crippen LogP contribution in [0.25, 0.3) is 11.3 Å². The van der Waals surface area contributed by atoms with Crippen molar-refractivity contribution >= 4 is 21.4 Å². The molecule has 4 rings (SSSR count). The zero-order valence-electron chi connectivity index (χ0n) is 20.7. The SMILES string of the molecule is C=CS(=O)(=O)Cc1ccc(NC(=O)c2ccc(C)c(Cc3nccc(-c4cccnc4)n3)c2)cc1C(F)(F)F. The van der Waals surface area contributed by atoms with Gasteiger partial charge in [0.05, 0.1) is 17.0 Å². The van der Waals surface area contributed by atoms with E-state index in [0.29, 0.717) is 23.3 Å². The largest absolute Gasteiger partial charge is 0.416 e. The van der Waals surface area contributed by atoms with Crippen molar-refractivity contribution in [3.8, 4) is 11.3 Å². The highest BCUT2D eigenvalue weighted by Gasteiger charge is 2.34. The summed E-state index contributed by atoms with van der Waals surface area (Å²) in [6.45, 7) is 5.00. The van der Waals surface area contributed by atoms with Crippen LogP contribution in [0, 0.1) is 6.92 Å². The van der Waals surface area contributed by atoms with Crippen LogP contribution < -0.4 is 5.32 Å². The summed E-state index contributed by atoms with van der Waals surface area (Å²) in [5.74, 6) is -0.955. The second-order valence-electron chi connectivity index (χ2n) is 8.72. The van der Waals surface area contributed by atoms with Gasteiger partial charge in [-0.05, 0) is 66.1 Å². The number of rotatable bonds is 8. The zero-order chi connectivity index (χ0) is 28.2. The van der Waals surface area contributed by atoms with Crippen LogP contribution in [-0.2, 0) is 28.2 Å². The molecule has 0 saturated carbocycles. The van der Waals surface area contributed by atoms with Gasteiger partial charge in [0, 0.05) is 47.2 Å². The van der Waals surface area contributed by atoms with Crippen LogP contribution in [-0.4, -0.2) is 29.3 Å². The molecule has 0 atom stereocenters. The minimum absolute atomic E-state index is 0.123. The third-order valence-electron chi connectivity index (χ3n) is 5.91. The summed E-state index contributed by atoms with van der Waals surface area (Å²) < 4.78 is 64.6. The molecule has 7 nitrogen and oxygen atoms in total. The van der Waals surface area contributed by atoms with Crippen molar-refractivity contribution < 1.29 is 26.4 Å². The molecule has 4 aromatic rings. The van der Waals surface area contributed by atoms with Crippen molar-refractivity contribution in [3.63, 3.8) is 0 Å². The fraction of sp³-hybridized carbons (Fsp3) is 0.143. The first-order valence-electron chi connectivity index (χ1n) is 11.6. The molecular formula is C28H23F3N4O3S. The number of benzene rings is 2. The topological polar surface area (TPSA) is 102 Å². The number of aryl methyl sites for hydroxylation is 1. The van der Waals surface area contributed by atoms with Gasteiger partial charge in [-0.15, -0.1) is 0 Å². The summed E-state index contributed by atoms with van der Waals surface area (Å²) in [6.07, 6.45) is 0.493. The number of halogens is 3. The van der Waals surface area contributed by atoms with Gasteiger partial charge in [-0.1, -0.05) is 18.7 Å². The highest BCUT2D eigenvalue weighted by Crippen LogP contribution is 2.35. The van der Waals surface area contributed by atoms with Crippen molar-refractivity contribution in [1.82, 2.24) is 15.0 Å². The Labute approximate surface area is 223 Å². The maximum Gasteiger partial charge on any atom is 0.416 e. The summed E-state index contributed by atoms with van der Waals surface area (Å²) in [6, 6.07) is 13.4. The molecule has 39 heavy (non-hydrogen) atoms. The number of pyridine rings is 1. The van der Waals surface area contributed by atoms with Gasteiger partial charge in [0.1, 0.15) is 5.82 Å². The van der Waals surface area contributed by atoms with Crippen LogP contribution in [0.5, 0.6) is 0 Å². The van der Waals surface area contributed by atoms with Gasteiger partial charge in [-0.2, -0.15) is 13.2 Å². The van der Waals surface area contributed by atoms with Gasteiger partial charge in [-0.3, -0.25) is 9.78 Å². The lowest BCUT2D eigenvalue weighted by Crippen LogP contribution is -2.16. The van der Waals surface area contributed by atoms with Crippen LogP contribution in [0.15, 0.2) is 85.2 Å². The summed E-state index contributed by atoms with van der Waals surface area (Å²) in [4.78, 5) is 26.0. The lowest BCUT2D eigenvalue weighted by Gasteiger charge is -2.15. The standard InChI is InChI=1S/C28H23F3N4O3S/c1-3-39(37,38)17-21-8-9-23(15-24(21)28(29,30)31)34-27(36)19-7-6-18(2)22(13-19)14-26-33-12-10-25(35-26)20-5-4-11-32-16-20/h3-13,15-16H,1,14,17H2,2H3,(H,34,36). The van der Waals surface area contributed by atoms with Crippen LogP contribution >= 0.6 is 0 Å². The van der Waals surface area contributed by atoms with Crippen LogP contribution in [0.1, 0.15) is 38.4 Å². The Kier molecular flexibility index (Phi) is 7.91. The van der Waals surface area contributed by atoms with Crippen LogP contribution in [0.4, 0.5) is 18.9 Å². The summed E-state index contributed by atoms with van der Waals surface area (Å²) in [5.41, 5.74) is 1.70. The van der Waals surface area contributed by atoms with Crippen molar-refractivity contribution in [3.05, 3.63) is 119 Å². The fourth-order valence-corrected chi connectivity index (χ4v) is 4.66. The van der Waals surface area contributed by atoms with Gasteiger partial charge in [-0.25, -0.2) is 18.4 Å². The number of nitrogens with zero attached hydrogens (tertiary/aromatic N) is 3. The molecule has 0 spiro atoms. The monoisotopic (exact) mass is 552 g/mol. The molecule has 0 bridgehead atoms. The average molecular weight is 553 g/mol. The number of hydrogen-bond acceptors (Lipinski definition) is 6. The van der Waals surface area contributed by atoms with E-state index in [0.717, 1.165) is 28.8 Å². The summed E-state index contributed by atoms with van der Waals surface area (Å²) in [5, 5.41) is 3.08. The van der Waals surface area contributed by atoms with E-state index < -0.39 is 38.8 Å². The normalized spacial score (nSPS) is 11.7. The van der Waals surface area contributed by atoms with Crippen LogP contribution in [0.2, 0.25) is 0 Å². The number of carbonyl (C=O) groups excluding carboxylic acids is 1. The first-order chi connectivity index (χ1) is 18.4. The van der Waals surface area contributed by atoms with E-state index in [1.165, 1.54) is 6.07 Å². The van der Waals surface area contributed by atoms with Gasteiger partial charge in [0.25, 0.3) is 5.91 Å². The van der Waals surface area contributed by atoms with Crippen molar-refractivity contribution in [2.75, 3.05) is 5.32 Å². The summed E-state index contributed by atoms with van der Waals surface area (Å²) >= 11 is 0. The molecule has 0 fully saturated rings. The number of amides is 1. The predicted octanol–water partition coefficient (Wildman–Crippen LogP) is 5.77. The lowest BCUT2D eigenvalue weighted by molar-refractivity contribution is -0.138. The molecule has 11 heteroatoms. The molecule has 2 aromatic carbocycles. The molecule has 1 amide bonds. The first kappa shape index (κ1) is 27.6. The number of anilines is 1. The third-order valence-corrected chi connectivity index (χ3v) is 7.13. The molecule has 0 aliphatic rings. The van der Waals surface area contributed by atoms with Crippen LogP contribution in [0.3, 0.4) is 0 Å². The summed E-state index contributed by atoms with van der Waals surface area (Å²) in [7, 11) is -3.92. The number of hydrogen-bond donors (Lipinski definition) is 1. The highest BCUT2D eigenvalue weighted by molar-refractivity contribution is 7.93. The molecule has 2 heterocycles. The Hall–Kier alpha value is -4.38. The van der Waals surface area contributed by atoms with E-state index in [4.69, 9.17) is 0 Å². The third kappa shape index (κ3) is 6.94. The van der Waals surface area contributed by atoms with Crippen molar-refractivity contribution in [1.29, 1.82) is 0 Å². The number of carbonyl (C=O) groups is 1. The maximum absolute atomic E-state index is 13.7. The van der Waals surface area contributed by atoms with Crippen molar-refractivity contribution in [2.45, 2.75) is 25.3 Å². The Morgan fingerprint density at radius 3 is 2.54 bits per heavy atom. The quantitative estimate of drug-likeness (QED) is 0.298. The Balaban J connectivity index is 1.57. The second-order valence-corrected chi connectivity index (χ2v) is 10.7. The Morgan fingerprint density at radius 2 is 1.85 bits per heavy atom. The van der Waals surface area contributed by atoms with Gasteiger partial charge in [0.2, 0.25) is 0 Å². The Bertz CT molecular complexity index is 1640. The number of nitrogens with one attached hydrogen (secondary N) is 1. The van der Waals surface area contributed by atoms with E-state index in [2.05, 4.69) is 26.8 Å². The second kappa shape index (κ2) is 11.2. The number of alkyl halides is 3. The van der Waals surface area contributed by atoms with E-state index in [9.17, 15) is 26.4 Å². The lowest BCUT2D eigenvalue weighted by atomic mass is 10.0.